The van der Waals surface area contributed by atoms with Crippen LogP contribution in [0.5, 0.6) is 0 Å². The second kappa shape index (κ2) is 16.7. The van der Waals surface area contributed by atoms with Crippen LogP contribution < -0.4 is 15.3 Å². The maximum Gasteiger partial charge on any atom is 3.00 e. The summed E-state index contributed by atoms with van der Waals surface area (Å²) in [5, 5.41) is 29.7. The van der Waals surface area contributed by atoms with E-state index >= 15 is 0 Å². The van der Waals surface area contributed by atoms with E-state index in [9.17, 15) is 29.7 Å². The number of hydrogen-bond donors (Lipinski definition) is 0. The maximum atomic E-state index is 9.91. The first-order chi connectivity index (χ1) is 11.3. The molecule has 0 saturated heterocycles. The summed E-state index contributed by atoms with van der Waals surface area (Å²) in [6.45, 7) is 14.4. The predicted octanol–water partition coefficient (Wildman–Crippen LogP) is 1.10. The molecule has 0 aromatic heterocycles. The average molecular weight is 475 g/mol. The fraction of sp³-hybridized carbons (Fsp3) is 0.619. The van der Waals surface area contributed by atoms with Crippen molar-refractivity contribution in [3.8, 4) is 0 Å². The second-order valence-corrected chi connectivity index (χ2v) is 8.62. The molecule has 7 heteroatoms. The molecule has 6 nitrogen and oxygen atoms in total. The molecule has 1 radical (unpaired) electrons. The Morgan fingerprint density at radius 2 is 0.929 bits per heavy atom. The van der Waals surface area contributed by atoms with Crippen LogP contribution >= 0.6 is 0 Å². The molecule has 1 rings (SSSR count). The fourth-order valence-corrected chi connectivity index (χ4v) is 0.340. The Kier molecular flexibility index (Phi) is 22.4. The third-order valence-electron chi connectivity index (χ3n) is 2.42. The van der Waals surface area contributed by atoms with Gasteiger partial charge in [-0.2, -0.15) is 6.08 Å². The summed E-state index contributed by atoms with van der Waals surface area (Å²) < 4.78 is 0. The zero-order valence-corrected chi connectivity index (χ0v) is 21.3. The van der Waals surface area contributed by atoms with E-state index in [0.29, 0.717) is 0 Å². The number of carbonyl (C=O) groups is 3. The number of carboxylic acids is 3. The van der Waals surface area contributed by atoms with Crippen molar-refractivity contribution in [3.05, 3.63) is 31.7 Å². The molecule has 0 atom stereocenters. The van der Waals surface area contributed by atoms with Gasteiger partial charge in [-0.25, -0.2) is 12.2 Å². The van der Waals surface area contributed by atoms with E-state index in [2.05, 4.69) is 12.2 Å². The van der Waals surface area contributed by atoms with Crippen molar-refractivity contribution in [2.75, 3.05) is 0 Å². The number of rotatable bonds is 0. The average Bonchev–Trinajstić information content (AvgIpc) is 2.95. The molecule has 161 valence electrons. The van der Waals surface area contributed by atoms with Crippen molar-refractivity contribution in [3.63, 3.8) is 0 Å². The van der Waals surface area contributed by atoms with Crippen molar-refractivity contribution in [2.45, 2.75) is 68.7 Å². The van der Waals surface area contributed by atoms with Gasteiger partial charge in [-0.1, -0.05) is 62.3 Å². The molecular weight excluding hydrogens is 439 g/mol. The van der Waals surface area contributed by atoms with Gasteiger partial charge in [-0.05, 0) is 0 Å². The van der Waals surface area contributed by atoms with Gasteiger partial charge >= 0.3 is 26.2 Å². The summed E-state index contributed by atoms with van der Waals surface area (Å²) >= 11 is 0. The van der Waals surface area contributed by atoms with Crippen molar-refractivity contribution in [2.24, 2.45) is 16.2 Å². The van der Waals surface area contributed by atoms with Crippen molar-refractivity contribution in [1.82, 2.24) is 0 Å². The third-order valence-corrected chi connectivity index (χ3v) is 2.42. The van der Waals surface area contributed by atoms with Crippen LogP contribution in [0, 0.1) is 29.7 Å². The molecule has 0 spiro atoms. The van der Waals surface area contributed by atoms with Gasteiger partial charge in [0.15, 0.2) is 0 Å². The normalized spacial score (nSPS) is 11.6. The first kappa shape index (κ1) is 37.5. The van der Waals surface area contributed by atoms with Crippen LogP contribution in [0.4, 0.5) is 0 Å². The number of carbonyl (C=O) groups excluding carboxylic acids is 3. The van der Waals surface area contributed by atoms with Crippen LogP contribution in [0.3, 0.4) is 0 Å². The molecule has 1 aliphatic carbocycles. The summed E-state index contributed by atoms with van der Waals surface area (Å²) in [7, 11) is 0. The van der Waals surface area contributed by atoms with E-state index in [0.717, 1.165) is 6.42 Å². The summed E-state index contributed by atoms with van der Waals surface area (Å²) in [4.78, 5) is 29.7. The zero-order chi connectivity index (χ0) is 21.8. The summed E-state index contributed by atoms with van der Waals surface area (Å²) in [5.41, 5.74) is -2.08. The molecule has 0 saturated carbocycles. The van der Waals surface area contributed by atoms with Gasteiger partial charge in [0.1, 0.15) is 0 Å². The van der Waals surface area contributed by atoms with Crippen molar-refractivity contribution < 1.29 is 55.9 Å². The minimum absolute atomic E-state index is 0. The number of carboxylic acid groups (broad SMARTS) is 3. The molecule has 0 aliphatic heterocycles. The first-order valence-corrected chi connectivity index (χ1v) is 8.19. The van der Waals surface area contributed by atoms with Crippen LogP contribution in [0.1, 0.15) is 68.7 Å². The Labute approximate surface area is 190 Å². The standard InChI is InChI=1S/3C5H10O2.C5H5.CH3.Zr/c3*1-5(2,3)4(6)7;1-2-4-5-3-1;;/h3*1-3H3,(H,6,7);1-3H,4H2;1H3;/q;;;2*-1;+3/p-3. The minimum atomic E-state index is -1.01. The molecular formula is C21H35O6Zr-2. The van der Waals surface area contributed by atoms with Crippen LogP contribution in [0.2, 0.25) is 0 Å². The fourth-order valence-electron chi connectivity index (χ4n) is 0.340. The predicted molar refractivity (Wildman–Crippen MR) is 101 cm³/mol. The Bertz CT molecular complexity index is 433. The second-order valence-electron chi connectivity index (χ2n) is 8.62. The van der Waals surface area contributed by atoms with E-state index in [4.69, 9.17) is 0 Å². The van der Waals surface area contributed by atoms with E-state index in [1.807, 2.05) is 12.2 Å². The molecule has 0 heterocycles. The Morgan fingerprint density at radius 3 is 0.964 bits per heavy atom. The molecule has 0 fully saturated rings. The molecule has 0 aromatic rings. The minimum Gasteiger partial charge on any atom is -0.550 e. The zero-order valence-electron chi connectivity index (χ0n) is 18.9. The smallest absolute Gasteiger partial charge is 0.550 e. The van der Waals surface area contributed by atoms with Gasteiger partial charge in [-0.3, -0.25) is 6.08 Å². The van der Waals surface area contributed by atoms with Gasteiger partial charge in [0.25, 0.3) is 0 Å². The van der Waals surface area contributed by atoms with Gasteiger partial charge in [0.2, 0.25) is 0 Å². The summed E-state index contributed by atoms with van der Waals surface area (Å²) in [6.07, 6.45) is 10.0. The van der Waals surface area contributed by atoms with Crippen LogP contribution in [-0.4, -0.2) is 17.9 Å². The Balaban J connectivity index is -0.0000000824. The van der Waals surface area contributed by atoms with Crippen LogP contribution in [0.25, 0.3) is 0 Å². The summed E-state index contributed by atoms with van der Waals surface area (Å²) in [6, 6.07) is 0. The molecule has 0 amide bonds. The van der Waals surface area contributed by atoms with E-state index in [1.54, 1.807) is 62.3 Å². The maximum absolute atomic E-state index is 9.91. The summed E-state index contributed by atoms with van der Waals surface area (Å²) in [5.74, 6) is -3.02. The van der Waals surface area contributed by atoms with E-state index in [1.165, 1.54) is 0 Å². The largest absolute Gasteiger partial charge is 3.00 e. The van der Waals surface area contributed by atoms with E-state index < -0.39 is 34.2 Å². The van der Waals surface area contributed by atoms with Gasteiger partial charge < -0.3 is 37.1 Å². The molecule has 0 bridgehead atoms. The SMILES string of the molecule is CC(C)(C)C(=O)[O-].CC(C)(C)C(=O)[O-].CC(C)(C)C(=O)[O-].[C-]1=CC=CC1.[CH3-].[Zr+3]. The van der Waals surface area contributed by atoms with Crippen LogP contribution in [-0.2, 0) is 40.6 Å². The molecule has 0 unspecified atom stereocenters. The topological polar surface area (TPSA) is 120 Å². The molecule has 0 aromatic carbocycles. The molecule has 1 aliphatic rings. The molecule has 28 heavy (non-hydrogen) atoms. The number of aliphatic carboxylic acids is 3. The number of allylic oxidation sites excluding steroid dienone is 4. The van der Waals surface area contributed by atoms with Crippen molar-refractivity contribution >= 4 is 17.9 Å². The monoisotopic (exact) mass is 473 g/mol. The van der Waals surface area contributed by atoms with Crippen LogP contribution in [0.15, 0.2) is 18.2 Å². The Hall–Kier alpha value is -1.23. The van der Waals surface area contributed by atoms with Crippen molar-refractivity contribution in [1.29, 1.82) is 0 Å². The van der Waals surface area contributed by atoms with E-state index in [-0.39, 0.29) is 33.6 Å². The van der Waals surface area contributed by atoms with Gasteiger partial charge in [0, 0.05) is 34.2 Å². The van der Waals surface area contributed by atoms with Gasteiger partial charge in [-0.15, -0.1) is 6.42 Å². The number of hydrogen-bond acceptors (Lipinski definition) is 6. The first-order valence-electron chi connectivity index (χ1n) is 8.19. The molecule has 0 N–H and O–H groups in total. The third kappa shape index (κ3) is 29.5. The quantitative estimate of drug-likeness (QED) is 0.485. The Morgan fingerprint density at radius 1 is 0.714 bits per heavy atom. The van der Waals surface area contributed by atoms with Gasteiger partial charge in [0.05, 0.1) is 0 Å².